The van der Waals surface area contributed by atoms with Crippen molar-refractivity contribution in [2.24, 2.45) is 0 Å². The second-order valence-electron chi connectivity index (χ2n) is 29.4. The number of rotatable bonds is 11. The van der Waals surface area contributed by atoms with Crippen molar-refractivity contribution in [2.45, 2.75) is 0 Å². The minimum Gasteiger partial charge on any atom is -0.310 e. The highest BCUT2D eigenvalue weighted by atomic mass is 15.2. The van der Waals surface area contributed by atoms with Crippen LogP contribution in [0, 0.1) is 0 Å². The van der Waals surface area contributed by atoms with Crippen molar-refractivity contribution in [1.29, 1.82) is 0 Å². The van der Waals surface area contributed by atoms with Gasteiger partial charge in [0.25, 0.3) is 6.71 Å². The number of hydrogen-bond donors (Lipinski definition) is 0. The van der Waals surface area contributed by atoms with Crippen LogP contribution >= 0.6 is 0 Å². The topological polar surface area (TPSA) is 20.8 Å². The molecule has 0 fully saturated rings. The van der Waals surface area contributed by atoms with E-state index in [1.807, 2.05) is 146 Å². The van der Waals surface area contributed by atoms with Gasteiger partial charge in [-0.05, 0) is 175 Å². The van der Waals surface area contributed by atoms with Gasteiger partial charge in [0.1, 0.15) is 0 Å². The molecule has 5 nitrogen and oxygen atoms in total. The zero-order valence-corrected chi connectivity index (χ0v) is 60.8. The summed E-state index contributed by atoms with van der Waals surface area (Å²) in [5, 5.41) is 3.95. The van der Waals surface area contributed by atoms with Crippen LogP contribution in [0.4, 0.5) is 34.1 Å². The first-order valence-corrected chi connectivity index (χ1v) is 38.2. The zero-order chi connectivity index (χ0) is 88.6. The molecule has 0 unspecified atom stereocenters. The van der Waals surface area contributed by atoms with Crippen LogP contribution in [0.5, 0.6) is 0 Å². The smallest absolute Gasteiger partial charge is 0.252 e. The first-order chi connectivity index (χ1) is 63.2. The average Bonchev–Trinajstić information content (AvgIpc) is 0.914. The average molecular weight is 1460 g/mol. The van der Waals surface area contributed by atoms with Gasteiger partial charge in [-0.25, -0.2) is 0 Å². The summed E-state index contributed by atoms with van der Waals surface area (Å²) in [5.74, 6) is 0. The molecule has 528 valence electrons. The third-order valence-corrected chi connectivity index (χ3v) is 23.4. The van der Waals surface area contributed by atoms with Gasteiger partial charge in [-0.2, -0.15) is 0 Å². The summed E-state index contributed by atoms with van der Waals surface area (Å²) in [6.07, 6.45) is 0. The maximum atomic E-state index is 10.0. The van der Waals surface area contributed by atoms with E-state index in [0.29, 0.717) is 45.0 Å². The second-order valence-corrected chi connectivity index (χ2v) is 29.4. The molecule has 22 aromatic rings. The van der Waals surface area contributed by atoms with Crippen LogP contribution in [0.15, 0.2) is 412 Å². The molecule has 0 N–H and O–H groups in total. The quantitative estimate of drug-likeness (QED) is 0.120. The normalized spacial score (nSPS) is 14.5. The van der Waals surface area contributed by atoms with Gasteiger partial charge in [0, 0.05) is 99.5 Å². The summed E-state index contributed by atoms with van der Waals surface area (Å²) < 4.78 is 159. The van der Waals surface area contributed by atoms with Crippen LogP contribution in [-0.4, -0.2) is 20.2 Å². The zero-order valence-electron chi connectivity index (χ0n) is 76.8. The second kappa shape index (κ2) is 25.3. The fourth-order valence-corrected chi connectivity index (χ4v) is 18.6. The largest absolute Gasteiger partial charge is 0.310 e. The number of aromatic nitrogens is 3. The van der Waals surface area contributed by atoms with E-state index in [9.17, 15) is 21.9 Å². The van der Waals surface area contributed by atoms with Gasteiger partial charge >= 0.3 is 0 Å². The predicted molar refractivity (Wildman–Crippen MR) is 482 cm³/mol. The maximum absolute atomic E-state index is 10.0. The molecule has 0 spiro atoms. The molecule has 0 radical (unpaired) electrons. The Balaban J connectivity index is 0.923. The van der Waals surface area contributed by atoms with Crippen molar-refractivity contribution < 1.29 is 21.9 Å². The Labute approximate surface area is 682 Å². The SMILES string of the molecule is [2H]c1c([2H])c([2H])c2c(c1[2H])c1c([2H])c([2H])c([2H])c([2H])c1n2-c1ccc2c(c1)N(c1c(-c3ccccc3)cc(-c3ccccc3)cc1-c1ccccc1)c1cc(-c3ccc4c(c3)c3cccc5c6ccccc6n4c53)cc3c1B2c1ccc(-n2c4c([2H])c([2H])c([2H])c([2H])c4c4c([2H])c([2H])c([2H])c([2H])c42)cc1N3c1c(-c2ccccc2)cc(-c2ccccc2)cc1-c1ccccc1. The van der Waals surface area contributed by atoms with Crippen molar-refractivity contribution >= 4 is 139 Å². The standard InChI is InChI=1S/C108H68BN5/c1-7-30-69(31-8-1)76-61-88(71-34-11-3-12-35-71)107(89(62-76)72-36-13-4-14-37-72)113-101-67-79(110-95-49-24-19-42-81(95)82-43-20-25-50-96(82)110)55-57-93(101)109-94-58-56-80(111-97-51-26-21-44-83(97)84-45-22-27-52-98(84)111)68-102(94)114(108-90(73-38-15-5-16-39-73)63-77(70-32-9-2-10-33-70)64-91(108)74-40-17-6-18-41-74)104-66-78(65-103(113)105(104)109)75-54-59-100-92(60-75)87-48-29-47-86-85-46-23-28-53-99(85)112(100)106(86)87/h1-68H/i19D,20D,21D,22D,24D,25D,26D,27D,42D,43D,44D,45D,49D,50D,51D,52D. The lowest BCUT2D eigenvalue weighted by Crippen LogP contribution is -2.61. The molecule has 114 heavy (non-hydrogen) atoms. The van der Waals surface area contributed by atoms with Crippen LogP contribution in [0.3, 0.4) is 0 Å². The lowest BCUT2D eigenvalue weighted by molar-refractivity contribution is 1.17. The fraction of sp³-hybridized carbons (Fsp3) is 0. The van der Waals surface area contributed by atoms with Gasteiger partial charge in [-0.1, -0.05) is 309 Å². The monoisotopic (exact) mass is 1460 g/mol. The molecule has 0 saturated carbocycles. The maximum Gasteiger partial charge on any atom is 0.252 e. The Morgan fingerprint density at radius 2 is 0.561 bits per heavy atom. The third-order valence-electron chi connectivity index (χ3n) is 23.4. The van der Waals surface area contributed by atoms with Crippen LogP contribution in [0.2, 0.25) is 0 Å². The highest BCUT2D eigenvalue weighted by Gasteiger charge is 2.46. The molecular formula is C108H68BN5. The Kier molecular flexibility index (Phi) is 11.1. The van der Waals surface area contributed by atoms with Gasteiger partial charge < -0.3 is 23.3 Å². The molecule has 2 aliphatic heterocycles. The Bertz CT molecular complexity index is 8010. The first kappa shape index (κ1) is 49.9. The summed E-state index contributed by atoms with van der Waals surface area (Å²) in [7, 11) is 0. The summed E-state index contributed by atoms with van der Waals surface area (Å²) >= 11 is 0. The van der Waals surface area contributed by atoms with E-state index in [2.05, 4.69) is 184 Å². The van der Waals surface area contributed by atoms with E-state index in [-0.39, 0.29) is 43.6 Å². The van der Waals surface area contributed by atoms with Gasteiger partial charge in [-0.15, -0.1) is 0 Å². The van der Waals surface area contributed by atoms with Crippen LogP contribution in [-0.2, 0) is 0 Å². The molecule has 0 bridgehead atoms. The summed E-state index contributed by atoms with van der Waals surface area (Å²) in [6.45, 7) is -0.843. The number of benzene rings is 18. The van der Waals surface area contributed by atoms with E-state index in [0.717, 1.165) is 133 Å². The third kappa shape index (κ3) is 9.62. The molecule has 0 atom stereocenters. The van der Waals surface area contributed by atoms with Crippen molar-refractivity contribution in [2.75, 3.05) is 9.80 Å². The van der Waals surface area contributed by atoms with E-state index in [1.165, 1.54) is 0 Å². The molecule has 0 amide bonds. The number of fused-ring (bicyclic) bond motifs is 16. The Hall–Kier alpha value is -15.0. The minimum atomic E-state index is -0.843. The van der Waals surface area contributed by atoms with E-state index in [1.54, 1.807) is 9.13 Å². The molecule has 2 aliphatic rings. The first-order valence-electron chi connectivity index (χ1n) is 46.2. The van der Waals surface area contributed by atoms with Crippen molar-refractivity contribution in [1.82, 2.24) is 13.5 Å². The predicted octanol–water partition coefficient (Wildman–Crippen LogP) is 26.8. The van der Waals surface area contributed by atoms with Gasteiger partial charge in [0.2, 0.25) is 0 Å². The number of para-hydroxylation sites is 6. The number of anilines is 6. The van der Waals surface area contributed by atoms with Crippen LogP contribution < -0.4 is 26.2 Å². The van der Waals surface area contributed by atoms with Crippen molar-refractivity contribution in [3.05, 3.63) is 412 Å². The Morgan fingerprint density at radius 3 is 0.974 bits per heavy atom. The fourth-order valence-electron chi connectivity index (χ4n) is 18.6. The molecule has 18 aromatic carbocycles. The van der Waals surface area contributed by atoms with Gasteiger partial charge in [0.05, 0.1) is 71.9 Å². The molecular weight excluding hydrogens is 1380 g/mol. The Morgan fingerprint density at radius 1 is 0.219 bits per heavy atom. The minimum absolute atomic E-state index is 0.0675. The van der Waals surface area contributed by atoms with E-state index < -0.39 is 103 Å². The van der Waals surface area contributed by atoms with Crippen molar-refractivity contribution in [3.63, 3.8) is 0 Å². The summed E-state index contributed by atoms with van der Waals surface area (Å²) in [4.78, 5) is 4.68. The molecule has 6 heteroatoms. The van der Waals surface area contributed by atoms with E-state index >= 15 is 0 Å². The molecule has 6 heterocycles. The van der Waals surface area contributed by atoms with Crippen LogP contribution in [0.1, 0.15) is 21.9 Å². The van der Waals surface area contributed by atoms with Gasteiger partial charge in [-0.3, -0.25) is 0 Å². The highest BCUT2D eigenvalue weighted by Crippen LogP contribution is 2.56. The van der Waals surface area contributed by atoms with Gasteiger partial charge in [0.15, 0.2) is 0 Å². The lowest BCUT2D eigenvalue weighted by Gasteiger charge is -2.46. The highest BCUT2D eigenvalue weighted by molar-refractivity contribution is 7.00. The molecule has 4 aromatic heterocycles. The molecule has 0 saturated heterocycles. The molecule has 24 rings (SSSR count). The van der Waals surface area contributed by atoms with Crippen molar-refractivity contribution in [3.8, 4) is 89.3 Å². The summed E-state index contributed by atoms with van der Waals surface area (Å²) in [6, 6.07) is 100. The lowest BCUT2D eigenvalue weighted by atomic mass is 9.33. The molecule has 0 aliphatic carbocycles. The number of hydrogen-bond acceptors (Lipinski definition) is 2. The summed E-state index contributed by atoms with van der Waals surface area (Å²) in [5.41, 5.74) is 21.6. The van der Waals surface area contributed by atoms with Crippen LogP contribution in [0.25, 0.3) is 171 Å². The number of nitrogens with zero attached hydrogens (tertiary/aromatic N) is 5. The van der Waals surface area contributed by atoms with E-state index in [4.69, 9.17) is 0 Å².